The fraction of sp³-hybridized carbons (Fsp3) is 0.481. The van der Waals surface area contributed by atoms with Crippen LogP contribution in [0.3, 0.4) is 0 Å². The van der Waals surface area contributed by atoms with Gasteiger partial charge in [-0.2, -0.15) is 4.31 Å². The van der Waals surface area contributed by atoms with Crippen LogP contribution in [0.5, 0.6) is 0 Å². The molecule has 202 valence electrons. The quantitative estimate of drug-likeness (QED) is 0.346. The maximum absolute atomic E-state index is 13.6. The predicted octanol–water partition coefficient (Wildman–Crippen LogP) is 5.44. The molecule has 0 N–H and O–H groups in total. The van der Waals surface area contributed by atoms with Crippen molar-refractivity contribution < 1.29 is 13.2 Å². The molecule has 0 aliphatic carbocycles. The number of hydrogen-bond donors (Lipinski definition) is 0. The van der Waals surface area contributed by atoms with E-state index in [1.807, 2.05) is 20.2 Å². The van der Waals surface area contributed by atoms with E-state index in [-0.39, 0.29) is 23.2 Å². The van der Waals surface area contributed by atoms with Crippen molar-refractivity contribution in [1.29, 1.82) is 0 Å². The second-order valence-corrected chi connectivity index (χ2v) is 12.6. The Morgan fingerprint density at radius 1 is 1.00 bits per heavy atom. The number of carbonyl (C=O) groups excluding carboxylic acids is 1. The summed E-state index contributed by atoms with van der Waals surface area (Å²) in [5.74, 6) is -0.165. The van der Waals surface area contributed by atoms with Crippen LogP contribution in [-0.4, -0.2) is 68.8 Å². The number of sulfonamides is 1. The monoisotopic (exact) mass is 564 g/mol. The molecule has 0 unspecified atom stereocenters. The Bertz CT molecular complexity index is 1280. The summed E-state index contributed by atoms with van der Waals surface area (Å²) in [5.41, 5.74) is 2.59. The van der Waals surface area contributed by atoms with E-state index in [0.717, 1.165) is 55.3 Å². The summed E-state index contributed by atoms with van der Waals surface area (Å²) in [5, 5.41) is 0.670. The topological polar surface area (TPSA) is 73.8 Å². The van der Waals surface area contributed by atoms with Crippen LogP contribution in [0.4, 0.5) is 5.13 Å². The van der Waals surface area contributed by atoms with Crippen LogP contribution in [-0.2, 0) is 16.4 Å². The van der Waals surface area contributed by atoms with Crippen LogP contribution in [0.1, 0.15) is 54.9 Å². The van der Waals surface area contributed by atoms with Crippen molar-refractivity contribution in [2.45, 2.75) is 50.3 Å². The summed E-state index contributed by atoms with van der Waals surface area (Å²) >= 11 is 1.52. The minimum atomic E-state index is -3.56. The number of thiazole rings is 1. The molecule has 4 rings (SSSR count). The lowest BCUT2D eigenvalue weighted by Crippen LogP contribution is -2.34. The van der Waals surface area contributed by atoms with Gasteiger partial charge in [0.05, 0.1) is 15.1 Å². The summed E-state index contributed by atoms with van der Waals surface area (Å²) < 4.78 is 28.9. The van der Waals surface area contributed by atoms with Crippen molar-refractivity contribution in [2.75, 3.05) is 45.2 Å². The standard InChI is InChI=1S/C27H36N4O3S2.ClH/c1-4-21-10-15-24-25(20-21)35-27(28-24)31(19-9-16-29(2)3)26(32)22-11-13-23(14-12-22)36(33,34)30-17-7-5-6-8-18-30;/h10-15,20H,4-9,16-19H2,1-3H3;1H. The van der Waals surface area contributed by atoms with Gasteiger partial charge in [-0.15, -0.1) is 12.4 Å². The number of halogens is 1. The molecule has 0 bridgehead atoms. The number of nitrogens with zero attached hydrogens (tertiary/aromatic N) is 4. The van der Waals surface area contributed by atoms with E-state index in [1.165, 1.54) is 16.9 Å². The van der Waals surface area contributed by atoms with Gasteiger partial charge in [0.1, 0.15) is 0 Å². The molecule has 1 fully saturated rings. The third-order valence-corrected chi connectivity index (χ3v) is 9.57. The minimum absolute atomic E-state index is 0. The third-order valence-electron chi connectivity index (χ3n) is 6.62. The highest BCUT2D eigenvalue weighted by Gasteiger charge is 2.26. The third kappa shape index (κ3) is 7.09. The number of rotatable bonds is 9. The first-order chi connectivity index (χ1) is 17.3. The maximum atomic E-state index is 13.6. The zero-order valence-corrected chi connectivity index (χ0v) is 24.3. The molecule has 0 spiro atoms. The molecule has 0 saturated carbocycles. The molecule has 10 heteroatoms. The second kappa shape index (κ2) is 13.2. The molecule has 2 heterocycles. The highest BCUT2D eigenvalue weighted by atomic mass is 35.5. The number of carbonyl (C=O) groups is 1. The van der Waals surface area contributed by atoms with Crippen molar-refractivity contribution in [3.05, 3.63) is 53.6 Å². The van der Waals surface area contributed by atoms with Gasteiger partial charge < -0.3 is 4.90 Å². The molecule has 2 aromatic carbocycles. The predicted molar refractivity (Wildman–Crippen MR) is 155 cm³/mol. The zero-order valence-electron chi connectivity index (χ0n) is 21.9. The van der Waals surface area contributed by atoms with Gasteiger partial charge in [-0.25, -0.2) is 13.4 Å². The molecule has 1 amide bonds. The van der Waals surface area contributed by atoms with Crippen LogP contribution in [0.25, 0.3) is 10.2 Å². The Hall–Kier alpha value is -2.04. The van der Waals surface area contributed by atoms with Crippen molar-refractivity contribution >= 4 is 55.0 Å². The van der Waals surface area contributed by atoms with E-state index >= 15 is 0 Å². The molecular formula is C27H37ClN4O3S2. The van der Waals surface area contributed by atoms with Crippen LogP contribution in [0, 0.1) is 0 Å². The van der Waals surface area contributed by atoms with Crippen LogP contribution in [0.15, 0.2) is 47.4 Å². The molecule has 1 aliphatic heterocycles. The summed E-state index contributed by atoms with van der Waals surface area (Å²) in [6, 6.07) is 12.6. The number of benzene rings is 2. The van der Waals surface area contributed by atoms with Crippen molar-refractivity contribution in [2.24, 2.45) is 0 Å². The Kier molecular flexibility index (Phi) is 10.5. The fourth-order valence-electron chi connectivity index (χ4n) is 4.48. The van der Waals surface area contributed by atoms with Crippen molar-refractivity contribution in [3.63, 3.8) is 0 Å². The van der Waals surface area contributed by atoms with Crippen LogP contribution >= 0.6 is 23.7 Å². The zero-order chi connectivity index (χ0) is 25.7. The molecule has 0 radical (unpaired) electrons. The van der Waals surface area contributed by atoms with Gasteiger partial charge in [-0.1, -0.05) is 37.2 Å². The number of hydrogen-bond acceptors (Lipinski definition) is 6. The van der Waals surface area contributed by atoms with Gasteiger partial charge in [0, 0.05) is 25.2 Å². The van der Waals surface area contributed by atoms with Gasteiger partial charge in [-0.05, 0) is 88.3 Å². The minimum Gasteiger partial charge on any atom is -0.309 e. The molecule has 1 saturated heterocycles. The van der Waals surface area contributed by atoms with Crippen molar-refractivity contribution in [3.8, 4) is 0 Å². The van der Waals surface area contributed by atoms with Gasteiger partial charge in [-0.3, -0.25) is 9.69 Å². The van der Waals surface area contributed by atoms with Gasteiger partial charge in [0.15, 0.2) is 5.13 Å². The number of fused-ring (bicyclic) bond motifs is 1. The highest BCUT2D eigenvalue weighted by Crippen LogP contribution is 2.31. The first-order valence-corrected chi connectivity index (χ1v) is 15.0. The molecule has 3 aromatic rings. The number of aryl methyl sites for hydroxylation is 1. The highest BCUT2D eigenvalue weighted by molar-refractivity contribution is 7.89. The van der Waals surface area contributed by atoms with Gasteiger partial charge in [0.25, 0.3) is 5.91 Å². The Balaban J connectivity index is 0.00000380. The first-order valence-electron chi connectivity index (χ1n) is 12.8. The lowest BCUT2D eigenvalue weighted by atomic mass is 10.2. The lowest BCUT2D eigenvalue weighted by molar-refractivity contribution is 0.0986. The SMILES string of the molecule is CCc1ccc2nc(N(CCCN(C)C)C(=O)c3ccc(S(=O)(=O)N4CCCCCC4)cc3)sc2c1.Cl. The average molecular weight is 565 g/mol. The average Bonchev–Trinajstić information content (AvgIpc) is 3.08. The Morgan fingerprint density at radius 2 is 1.68 bits per heavy atom. The van der Waals surface area contributed by atoms with E-state index in [4.69, 9.17) is 4.98 Å². The molecular weight excluding hydrogens is 528 g/mol. The van der Waals surface area contributed by atoms with E-state index in [1.54, 1.807) is 33.5 Å². The first kappa shape index (κ1) is 29.5. The van der Waals surface area contributed by atoms with E-state index in [2.05, 4.69) is 24.0 Å². The molecule has 1 aromatic heterocycles. The van der Waals surface area contributed by atoms with Crippen LogP contribution < -0.4 is 4.90 Å². The van der Waals surface area contributed by atoms with Gasteiger partial charge in [0.2, 0.25) is 10.0 Å². The maximum Gasteiger partial charge on any atom is 0.260 e. The van der Waals surface area contributed by atoms with E-state index in [9.17, 15) is 13.2 Å². The Labute approximate surface area is 230 Å². The van der Waals surface area contributed by atoms with Crippen LogP contribution in [0.2, 0.25) is 0 Å². The summed E-state index contributed by atoms with van der Waals surface area (Å²) in [6.45, 7) is 4.61. The normalized spacial score (nSPS) is 14.9. The Morgan fingerprint density at radius 3 is 2.30 bits per heavy atom. The molecule has 37 heavy (non-hydrogen) atoms. The van der Waals surface area contributed by atoms with E-state index in [0.29, 0.717) is 30.3 Å². The largest absolute Gasteiger partial charge is 0.309 e. The molecule has 7 nitrogen and oxygen atoms in total. The summed E-state index contributed by atoms with van der Waals surface area (Å²) in [4.78, 5) is 22.5. The number of anilines is 1. The second-order valence-electron chi connectivity index (χ2n) is 9.61. The van der Waals surface area contributed by atoms with E-state index < -0.39 is 10.0 Å². The molecule has 0 atom stereocenters. The summed E-state index contributed by atoms with van der Waals surface area (Å²) in [7, 11) is 0.472. The summed E-state index contributed by atoms with van der Waals surface area (Å²) in [6.07, 6.45) is 5.65. The van der Waals surface area contributed by atoms with Crippen molar-refractivity contribution in [1.82, 2.24) is 14.2 Å². The molecule has 1 aliphatic rings. The number of aromatic nitrogens is 1. The number of amides is 1. The van der Waals surface area contributed by atoms with Gasteiger partial charge >= 0.3 is 0 Å². The fourth-order valence-corrected chi connectivity index (χ4v) is 7.05. The smallest absolute Gasteiger partial charge is 0.260 e. The lowest BCUT2D eigenvalue weighted by Gasteiger charge is -2.22.